The van der Waals surface area contributed by atoms with Gasteiger partial charge in [0, 0.05) is 6.20 Å². The maximum Gasteiger partial charge on any atom is 0.360 e. The van der Waals surface area contributed by atoms with Crippen LogP contribution in [-0.2, 0) is 20.0 Å². The highest BCUT2D eigenvalue weighted by molar-refractivity contribution is 5.96. The highest BCUT2D eigenvalue weighted by Gasteiger charge is 2.66. The Bertz CT molecular complexity index is 749. The third kappa shape index (κ3) is 2.79. The average Bonchev–Trinajstić information content (AvgIpc) is 3.00. The molecule has 144 valence electrons. The molecule has 1 aromatic rings. The molecule has 0 saturated heterocycles. The fourth-order valence-electron chi connectivity index (χ4n) is 2.35. The van der Waals surface area contributed by atoms with Crippen molar-refractivity contribution in [3.05, 3.63) is 23.8 Å². The topological polar surface area (TPSA) is 103 Å². The van der Waals surface area contributed by atoms with Crippen molar-refractivity contribution < 1.29 is 41.7 Å². The zero-order valence-electron chi connectivity index (χ0n) is 13.6. The lowest BCUT2D eigenvalue weighted by molar-refractivity contribution is -0.263. The molecule has 0 aliphatic carbocycles. The van der Waals surface area contributed by atoms with Gasteiger partial charge in [0.25, 0.3) is 5.72 Å². The molecule has 0 fully saturated rings. The summed E-state index contributed by atoms with van der Waals surface area (Å²) in [6.45, 7) is 2.53. The summed E-state index contributed by atoms with van der Waals surface area (Å²) in [6, 6.07) is 0. The maximum absolute atomic E-state index is 14.3. The van der Waals surface area contributed by atoms with Crippen LogP contribution in [0.1, 0.15) is 24.3 Å². The van der Waals surface area contributed by atoms with Gasteiger partial charge < -0.3 is 19.9 Å². The number of aliphatic hydroxyl groups is 1. The van der Waals surface area contributed by atoms with Gasteiger partial charge in [-0.3, -0.25) is 4.57 Å². The van der Waals surface area contributed by atoms with Crippen molar-refractivity contribution in [3.8, 4) is 0 Å². The monoisotopic (exact) mass is 381 g/mol. The minimum Gasteiger partial charge on any atom is -0.462 e. The smallest absolute Gasteiger partial charge is 0.360 e. The minimum absolute atomic E-state index is 0.0630. The summed E-state index contributed by atoms with van der Waals surface area (Å²) >= 11 is 0. The summed E-state index contributed by atoms with van der Waals surface area (Å²) in [5.41, 5.74) is -5.55. The van der Waals surface area contributed by atoms with E-state index < -0.39 is 47.1 Å². The second kappa shape index (κ2) is 6.94. The summed E-state index contributed by atoms with van der Waals surface area (Å²) in [7, 11) is 0. The number of halogens is 4. The second-order valence-electron chi connectivity index (χ2n) is 5.05. The van der Waals surface area contributed by atoms with Gasteiger partial charge >= 0.3 is 24.3 Å². The van der Waals surface area contributed by atoms with Gasteiger partial charge in [0.1, 0.15) is 17.7 Å². The van der Waals surface area contributed by atoms with E-state index in [2.05, 4.69) is 19.8 Å². The maximum atomic E-state index is 14.3. The third-order valence-corrected chi connectivity index (χ3v) is 3.55. The van der Waals surface area contributed by atoms with Crippen molar-refractivity contribution >= 4 is 17.8 Å². The van der Waals surface area contributed by atoms with E-state index in [-0.39, 0.29) is 17.8 Å². The first-order chi connectivity index (χ1) is 12.1. The largest absolute Gasteiger partial charge is 0.462 e. The van der Waals surface area contributed by atoms with Gasteiger partial charge in [-0.05, 0) is 13.8 Å². The number of hydrogen-bond donors (Lipinski definition) is 2. The summed E-state index contributed by atoms with van der Waals surface area (Å²) in [5.74, 6) is -8.14. The van der Waals surface area contributed by atoms with E-state index in [4.69, 9.17) is 0 Å². The number of fused-ring (bicyclic) bond motifs is 1. The Morgan fingerprint density at radius 1 is 1.31 bits per heavy atom. The van der Waals surface area contributed by atoms with Crippen molar-refractivity contribution in [2.75, 3.05) is 18.5 Å². The standard InChI is InChI=1S/C14H15F4N3O5/c1-3-25-10(22)7-5-19-9-8(11(23)26-4-2)20-6-21(9)14(7,24)13(17,18)12(15)16/h5-6,12,19,24H,3-4H2,1-2H3. The van der Waals surface area contributed by atoms with Gasteiger partial charge in [0.05, 0.1) is 13.2 Å². The highest BCUT2D eigenvalue weighted by atomic mass is 19.3. The van der Waals surface area contributed by atoms with E-state index in [1.54, 1.807) is 0 Å². The van der Waals surface area contributed by atoms with Crippen LogP contribution >= 0.6 is 0 Å². The zero-order chi connectivity index (χ0) is 19.7. The molecule has 1 aliphatic heterocycles. The van der Waals surface area contributed by atoms with Crippen LogP contribution in [0.15, 0.2) is 18.1 Å². The summed E-state index contributed by atoms with van der Waals surface area (Å²) in [5, 5.41) is 12.8. The van der Waals surface area contributed by atoms with Crippen molar-refractivity contribution in [3.63, 3.8) is 0 Å². The number of alkyl halides is 4. The molecular formula is C14H15F4N3O5. The van der Waals surface area contributed by atoms with E-state index in [0.717, 1.165) is 0 Å². The molecule has 0 spiro atoms. The van der Waals surface area contributed by atoms with Gasteiger partial charge in [0.2, 0.25) is 0 Å². The Labute approximate surface area is 144 Å². The SMILES string of the molecule is CCOC(=O)C1=CNc2c(C(=O)OCC)ncn2C1(O)C(F)(F)C(F)F. The number of carbonyl (C=O) groups is 2. The first kappa shape index (κ1) is 19.7. The predicted octanol–water partition coefficient (Wildman–Crippen LogP) is 1.48. The number of ether oxygens (including phenoxy) is 2. The Hall–Kier alpha value is -2.63. The highest BCUT2D eigenvalue weighted by Crippen LogP contribution is 2.47. The number of nitrogens with zero attached hydrogens (tertiary/aromatic N) is 2. The predicted molar refractivity (Wildman–Crippen MR) is 77.7 cm³/mol. The number of nitrogens with one attached hydrogen (secondary N) is 1. The van der Waals surface area contributed by atoms with Crippen LogP contribution in [0.2, 0.25) is 0 Å². The lowest BCUT2D eigenvalue weighted by atomic mass is 9.94. The van der Waals surface area contributed by atoms with E-state index in [9.17, 15) is 32.3 Å². The molecule has 0 radical (unpaired) electrons. The molecule has 12 heteroatoms. The normalized spacial score (nSPS) is 19.5. The van der Waals surface area contributed by atoms with E-state index >= 15 is 0 Å². The molecule has 8 nitrogen and oxygen atoms in total. The molecule has 0 saturated carbocycles. The Balaban J connectivity index is 2.66. The second-order valence-corrected chi connectivity index (χ2v) is 5.05. The molecule has 2 heterocycles. The lowest BCUT2D eigenvalue weighted by Crippen LogP contribution is -2.58. The van der Waals surface area contributed by atoms with E-state index in [1.165, 1.54) is 13.8 Å². The van der Waals surface area contributed by atoms with Gasteiger partial charge in [-0.2, -0.15) is 8.78 Å². The molecule has 1 atom stereocenters. The van der Waals surface area contributed by atoms with Crippen LogP contribution in [0.4, 0.5) is 23.4 Å². The fraction of sp³-hybridized carbons (Fsp3) is 0.500. The number of anilines is 1. The average molecular weight is 381 g/mol. The lowest BCUT2D eigenvalue weighted by Gasteiger charge is -2.39. The molecule has 0 bridgehead atoms. The van der Waals surface area contributed by atoms with Gasteiger partial charge in [-0.1, -0.05) is 0 Å². The number of esters is 2. The van der Waals surface area contributed by atoms with E-state index in [0.29, 0.717) is 12.5 Å². The molecule has 1 unspecified atom stereocenters. The van der Waals surface area contributed by atoms with E-state index in [1.807, 2.05) is 0 Å². The van der Waals surface area contributed by atoms with Crippen LogP contribution in [0, 0.1) is 0 Å². The Kier molecular flexibility index (Phi) is 5.26. The number of hydrogen-bond acceptors (Lipinski definition) is 7. The summed E-state index contributed by atoms with van der Waals surface area (Å²) in [4.78, 5) is 27.3. The first-order valence-electron chi connectivity index (χ1n) is 7.40. The van der Waals surface area contributed by atoms with Crippen LogP contribution in [0.5, 0.6) is 0 Å². The fourth-order valence-corrected chi connectivity index (χ4v) is 2.35. The number of imidazole rings is 1. The number of rotatable bonds is 6. The Morgan fingerprint density at radius 2 is 1.88 bits per heavy atom. The quantitative estimate of drug-likeness (QED) is 0.568. The molecule has 2 N–H and O–H groups in total. The molecule has 1 aromatic heterocycles. The third-order valence-electron chi connectivity index (χ3n) is 3.55. The van der Waals surface area contributed by atoms with Crippen molar-refractivity contribution in [2.24, 2.45) is 0 Å². The summed E-state index contributed by atoms with van der Waals surface area (Å²) < 4.78 is 64.0. The molecule has 0 amide bonds. The van der Waals surface area contributed by atoms with Crippen molar-refractivity contribution in [1.82, 2.24) is 9.55 Å². The molecule has 1 aliphatic rings. The van der Waals surface area contributed by atoms with Crippen LogP contribution in [-0.4, -0.2) is 52.2 Å². The zero-order valence-corrected chi connectivity index (χ0v) is 13.6. The minimum atomic E-state index is -5.12. The van der Waals surface area contributed by atoms with Crippen molar-refractivity contribution in [1.29, 1.82) is 0 Å². The van der Waals surface area contributed by atoms with Crippen LogP contribution in [0.25, 0.3) is 0 Å². The molecular weight excluding hydrogens is 366 g/mol. The van der Waals surface area contributed by atoms with Gasteiger partial charge in [-0.25, -0.2) is 23.4 Å². The van der Waals surface area contributed by atoms with Crippen LogP contribution < -0.4 is 5.32 Å². The number of carbonyl (C=O) groups excluding carboxylic acids is 2. The van der Waals surface area contributed by atoms with Crippen LogP contribution in [0.3, 0.4) is 0 Å². The van der Waals surface area contributed by atoms with Crippen molar-refractivity contribution in [2.45, 2.75) is 31.9 Å². The first-order valence-corrected chi connectivity index (χ1v) is 7.40. The molecule has 2 rings (SSSR count). The summed E-state index contributed by atoms with van der Waals surface area (Å²) in [6.07, 6.45) is -3.25. The molecule has 0 aromatic carbocycles. The molecule has 26 heavy (non-hydrogen) atoms. The Morgan fingerprint density at radius 3 is 2.42 bits per heavy atom. The number of aromatic nitrogens is 2. The van der Waals surface area contributed by atoms with Gasteiger partial charge in [-0.15, -0.1) is 0 Å². The van der Waals surface area contributed by atoms with Gasteiger partial charge in [0.15, 0.2) is 5.69 Å².